The summed E-state index contributed by atoms with van der Waals surface area (Å²) in [6, 6.07) is 13.6. The van der Waals surface area contributed by atoms with Gasteiger partial charge in [-0.15, -0.1) is 0 Å². The van der Waals surface area contributed by atoms with Crippen LogP contribution in [0.3, 0.4) is 0 Å². The average Bonchev–Trinajstić information content (AvgIpc) is 3.25. The third-order valence-electron chi connectivity index (χ3n) is 5.80. The van der Waals surface area contributed by atoms with E-state index < -0.39 is 10.0 Å². The maximum absolute atomic E-state index is 12.8. The standard InChI is InChI=1S/C21H24N2O3S/c1-14-6-10-17(11-7-14)27(25,26)23-19-5-3-2-4-18(19)21(24)22-20-13-15-8-9-16(20)12-15/h2-7,10-11,15-16,20,23H,8-9,12-13H2,1H3,(H,22,24)/t15-,16+,20-/m0/s1. The number of amides is 1. The van der Waals surface area contributed by atoms with Crippen molar-refractivity contribution in [3.05, 3.63) is 59.7 Å². The lowest BCUT2D eigenvalue weighted by Crippen LogP contribution is -2.38. The highest BCUT2D eigenvalue weighted by molar-refractivity contribution is 7.92. The summed E-state index contributed by atoms with van der Waals surface area (Å²) < 4.78 is 28.0. The normalized spacial score (nSPS) is 24.0. The van der Waals surface area contributed by atoms with Crippen molar-refractivity contribution < 1.29 is 13.2 Å². The van der Waals surface area contributed by atoms with Crippen molar-refractivity contribution in [3.63, 3.8) is 0 Å². The number of anilines is 1. The first-order valence-corrected chi connectivity index (χ1v) is 10.9. The Balaban J connectivity index is 1.54. The smallest absolute Gasteiger partial charge is 0.261 e. The first-order chi connectivity index (χ1) is 12.9. The molecule has 0 saturated heterocycles. The second-order valence-corrected chi connectivity index (χ2v) is 9.40. The van der Waals surface area contributed by atoms with Crippen LogP contribution in [0.4, 0.5) is 5.69 Å². The number of carbonyl (C=O) groups excluding carboxylic acids is 1. The molecule has 0 radical (unpaired) electrons. The molecule has 0 spiro atoms. The number of benzene rings is 2. The summed E-state index contributed by atoms with van der Waals surface area (Å²) in [5, 5.41) is 3.13. The van der Waals surface area contributed by atoms with Gasteiger partial charge in [0.2, 0.25) is 0 Å². The molecule has 2 N–H and O–H groups in total. The molecule has 0 aromatic heterocycles. The number of hydrogen-bond acceptors (Lipinski definition) is 3. The van der Waals surface area contributed by atoms with Gasteiger partial charge in [0, 0.05) is 6.04 Å². The minimum atomic E-state index is -3.75. The van der Waals surface area contributed by atoms with Crippen molar-refractivity contribution in [2.45, 2.75) is 43.5 Å². The van der Waals surface area contributed by atoms with Crippen molar-refractivity contribution in [3.8, 4) is 0 Å². The van der Waals surface area contributed by atoms with Crippen LogP contribution in [0.15, 0.2) is 53.4 Å². The lowest BCUT2D eigenvalue weighted by atomic mass is 9.95. The molecule has 142 valence electrons. The van der Waals surface area contributed by atoms with Gasteiger partial charge in [-0.05, 0) is 62.3 Å². The monoisotopic (exact) mass is 384 g/mol. The molecule has 6 heteroatoms. The molecule has 2 fully saturated rings. The Labute approximate surface area is 160 Å². The van der Waals surface area contributed by atoms with Crippen molar-refractivity contribution in [2.75, 3.05) is 4.72 Å². The summed E-state index contributed by atoms with van der Waals surface area (Å²) in [7, 11) is -3.75. The molecule has 4 rings (SSSR count). The van der Waals surface area contributed by atoms with E-state index in [2.05, 4.69) is 10.0 Å². The molecule has 3 atom stereocenters. The Bertz CT molecular complexity index is 954. The van der Waals surface area contributed by atoms with E-state index in [0.29, 0.717) is 17.2 Å². The number of aryl methyl sites for hydroxylation is 1. The fourth-order valence-electron chi connectivity index (χ4n) is 4.36. The van der Waals surface area contributed by atoms with Crippen LogP contribution < -0.4 is 10.0 Å². The van der Waals surface area contributed by atoms with Gasteiger partial charge in [0.15, 0.2) is 0 Å². The third kappa shape index (κ3) is 3.72. The molecule has 0 aliphatic heterocycles. The predicted molar refractivity (Wildman–Crippen MR) is 105 cm³/mol. The first-order valence-electron chi connectivity index (χ1n) is 9.42. The van der Waals surface area contributed by atoms with Gasteiger partial charge in [-0.1, -0.05) is 36.2 Å². The van der Waals surface area contributed by atoms with Gasteiger partial charge >= 0.3 is 0 Å². The summed E-state index contributed by atoms with van der Waals surface area (Å²) >= 11 is 0. The van der Waals surface area contributed by atoms with Crippen LogP contribution in [-0.2, 0) is 10.0 Å². The first kappa shape index (κ1) is 18.0. The van der Waals surface area contributed by atoms with Crippen molar-refractivity contribution in [1.82, 2.24) is 5.32 Å². The zero-order valence-corrected chi connectivity index (χ0v) is 16.1. The van der Waals surface area contributed by atoms with Gasteiger partial charge in [0.05, 0.1) is 16.1 Å². The quantitative estimate of drug-likeness (QED) is 0.825. The summed E-state index contributed by atoms with van der Waals surface area (Å²) in [4.78, 5) is 13.0. The highest BCUT2D eigenvalue weighted by Gasteiger charge is 2.40. The van der Waals surface area contributed by atoms with E-state index >= 15 is 0 Å². The van der Waals surface area contributed by atoms with Crippen molar-refractivity contribution in [1.29, 1.82) is 0 Å². The zero-order valence-electron chi connectivity index (χ0n) is 15.3. The second-order valence-electron chi connectivity index (χ2n) is 7.72. The Morgan fingerprint density at radius 2 is 1.74 bits per heavy atom. The van der Waals surface area contributed by atoms with Gasteiger partial charge in [-0.3, -0.25) is 9.52 Å². The molecule has 2 aromatic rings. The van der Waals surface area contributed by atoms with Crippen LogP contribution in [0.25, 0.3) is 0 Å². The molecule has 0 heterocycles. The van der Waals surface area contributed by atoms with Crippen LogP contribution in [0.1, 0.15) is 41.6 Å². The Kier molecular flexibility index (Phi) is 4.68. The summed E-state index contributed by atoms with van der Waals surface area (Å²) in [6.45, 7) is 1.90. The second kappa shape index (κ2) is 7.00. The number of carbonyl (C=O) groups is 1. The van der Waals surface area contributed by atoms with Crippen LogP contribution in [0.2, 0.25) is 0 Å². The lowest BCUT2D eigenvalue weighted by molar-refractivity contribution is 0.0924. The molecule has 5 nitrogen and oxygen atoms in total. The van der Waals surface area contributed by atoms with E-state index in [0.717, 1.165) is 17.9 Å². The Hall–Kier alpha value is -2.34. The molecule has 2 aliphatic carbocycles. The van der Waals surface area contributed by atoms with E-state index in [1.165, 1.54) is 19.3 Å². The molecule has 1 amide bonds. The van der Waals surface area contributed by atoms with E-state index in [1.54, 1.807) is 48.5 Å². The number of hydrogen-bond donors (Lipinski definition) is 2. The minimum Gasteiger partial charge on any atom is -0.349 e. The number of nitrogens with one attached hydrogen (secondary N) is 2. The van der Waals surface area contributed by atoms with Crippen LogP contribution in [-0.4, -0.2) is 20.4 Å². The summed E-state index contributed by atoms with van der Waals surface area (Å²) in [5.74, 6) is 1.08. The SMILES string of the molecule is Cc1ccc(S(=O)(=O)Nc2ccccc2C(=O)N[C@H]2C[C@H]3CC[C@@H]2C3)cc1. The molecule has 27 heavy (non-hydrogen) atoms. The molecule has 2 saturated carbocycles. The maximum atomic E-state index is 12.8. The molecule has 0 unspecified atom stereocenters. The Morgan fingerprint density at radius 1 is 1.00 bits per heavy atom. The highest BCUT2D eigenvalue weighted by Crippen LogP contribution is 2.44. The molecular weight excluding hydrogens is 360 g/mol. The van der Waals surface area contributed by atoms with Crippen LogP contribution in [0, 0.1) is 18.8 Å². The summed E-state index contributed by atoms with van der Waals surface area (Å²) in [5.41, 5.74) is 1.65. The van der Waals surface area contributed by atoms with E-state index in [4.69, 9.17) is 0 Å². The van der Waals surface area contributed by atoms with Gasteiger partial charge in [-0.2, -0.15) is 0 Å². The van der Waals surface area contributed by atoms with Crippen LogP contribution >= 0.6 is 0 Å². The topological polar surface area (TPSA) is 75.3 Å². The number of para-hydroxylation sites is 1. The fraction of sp³-hybridized carbons (Fsp3) is 0.381. The van der Waals surface area contributed by atoms with E-state index in [1.807, 2.05) is 6.92 Å². The Morgan fingerprint density at radius 3 is 2.41 bits per heavy atom. The van der Waals surface area contributed by atoms with Crippen molar-refractivity contribution in [2.24, 2.45) is 11.8 Å². The number of rotatable bonds is 5. The van der Waals surface area contributed by atoms with Gasteiger partial charge < -0.3 is 5.32 Å². The molecule has 2 bridgehead atoms. The zero-order chi connectivity index (χ0) is 19.0. The maximum Gasteiger partial charge on any atom is 0.261 e. The van der Waals surface area contributed by atoms with Gasteiger partial charge in [-0.25, -0.2) is 8.42 Å². The number of sulfonamides is 1. The van der Waals surface area contributed by atoms with E-state index in [9.17, 15) is 13.2 Å². The fourth-order valence-corrected chi connectivity index (χ4v) is 5.44. The largest absolute Gasteiger partial charge is 0.349 e. The molecule has 2 aliphatic rings. The van der Waals surface area contributed by atoms with Gasteiger partial charge in [0.1, 0.15) is 0 Å². The minimum absolute atomic E-state index is 0.177. The van der Waals surface area contributed by atoms with Crippen molar-refractivity contribution >= 4 is 21.6 Å². The summed E-state index contributed by atoms with van der Waals surface area (Å²) in [6.07, 6.45) is 4.68. The lowest BCUT2D eigenvalue weighted by Gasteiger charge is -2.23. The predicted octanol–water partition coefficient (Wildman–Crippen LogP) is 3.71. The van der Waals surface area contributed by atoms with E-state index in [-0.39, 0.29) is 16.8 Å². The molecule has 2 aromatic carbocycles. The number of fused-ring (bicyclic) bond motifs is 2. The highest BCUT2D eigenvalue weighted by atomic mass is 32.2. The third-order valence-corrected chi connectivity index (χ3v) is 7.18. The van der Waals surface area contributed by atoms with Crippen LogP contribution in [0.5, 0.6) is 0 Å². The average molecular weight is 385 g/mol. The van der Waals surface area contributed by atoms with Gasteiger partial charge in [0.25, 0.3) is 15.9 Å². The molecular formula is C21H24N2O3S.